The zero-order valence-electron chi connectivity index (χ0n) is 8.59. The maximum Gasteiger partial charge on any atom is 0.252 e. The molecule has 16 heavy (non-hydrogen) atoms. The summed E-state index contributed by atoms with van der Waals surface area (Å²) in [5.74, 6) is -2.96. The Kier molecular flexibility index (Phi) is 2.54. The van der Waals surface area contributed by atoms with E-state index in [1.807, 2.05) is 0 Å². The minimum absolute atomic E-state index is 0.322. The second kappa shape index (κ2) is 3.63. The first kappa shape index (κ1) is 11.2. The van der Waals surface area contributed by atoms with Crippen LogP contribution in [0.2, 0.25) is 0 Å². The molecule has 1 aromatic carbocycles. The van der Waals surface area contributed by atoms with E-state index >= 15 is 0 Å². The van der Waals surface area contributed by atoms with E-state index in [9.17, 15) is 13.2 Å². The molecule has 1 aliphatic carbocycles. The van der Waals surface area contributed by atoms with Crippen LogP contribution >= 0.6 is 0 Å². The number of rotatable bonds is 2. The highest BCUT2D eigenvalue weighted by Gasteiger charge is 2.52. The van der Waals surface area contributed by atoms with Gasteiger partial charge in [-0.05, 0) is 17.7 Å². The van der Waals surface area contributed by atoms with E-state index in [1.54, 1.807) is 24.3 Å². The van der Waals surface area contributed by atoms with Gasteiger partial charge < -0.3 is 5.73 Å². The Morgan fingerprint density at radius 3 is 2.19 bits per heavy atom. The quantitative estimate of drug-likeness (QED) is 0.825. The Hall–Kier alpha value is -1.29. The van der Waals surface area contributed by atoms with Gasteiger partial charge in [0, 0.05) is 18.4 Å². The Balaban J connectivity index is 2.03. The van der Waals surface area contributed by atoms with E-state index in [0.717, 1.165) is 5.56 Å². The monoisotopic (exact) mass is 227 g/mol. The van der Waals surface area contributed by atoms with Crippen molar-refractivity contribution in [2.45, 2.75) is 24.3 Å². The lowest BCUT2D eigenvalue weighted by atomic mass is 9.74. The van der Waals surface area contributed by atoms with Crippen LogP contribution in [0.15, 0.2) is 30.3 Å². The standard InChI is InChI=1S/C12H12F3N/c13-10-3-1-9(2-4-10)5-6-11(16)7-12(14,15)8-11/h1-6H,7-8,16H2/b6-5+. The van der Waals surface area contributed by atoms with E-state index in [-0.39, 0.29) is 18.7 Å². The minimum atomic E-state index is -2.64. The average molecular weight is 227 g/mol. The summed E-state index contributed by atoms with van der Waals surface area (Å²) in [5, 5.41) is 0. The van der Waals surface area contributed by atoms with Crippen LogP contribution in [0.3, 0.4) is 0 Å². The molecule has 86 valence electrons. The van der Waals surface area contributed by atoms with Crippen molar-refractivity contribution in [3.8, 4) is 0 Å². The summed E-state index contributed by atoms with van der Waals surface area (Å²) < 4.78 is 37.9. The highest BCUT2D eigenvalue weighted by atomic mass is 19.3. The molecule has 0 aromatic heterocycles. The third-order valence-electron chi connectivity index (χ3n) is 2.65. The lowest BCUT2D eigenvalue weighted by Crippen LogP contribution is -2.56. The molecule has 0 heterocycles. The first-order chi connectivity index (χ1) is 7.39. The molecule has 0 radical (unpaired) electrons. The predicted octanol–water partition coefficient (Wildman–Crippen LogP) is 2.97. The molecule has 0 atom stereocenters. The van der Waals surface area contributed by atoms with Crippen LogP contribution in [0.5, 0.6) is 0 Å². The molecule has 1 nitrogen and oxygen atoms in total. The van der Waals surface area contributed by atoms with Crippen molar-refractivity contribution in [3.63, 3.8) is 0 Å². The first-order valence-corrected chi connectivity index (χ1v) is 5.00. The molecule has 2 N–H and O–H groups in total. The molecule has 0 spiro atoms. The van der Waals surface area contributed by atoms with Gasteiger partial charge in [-0.3, -0.25) is 0 Å². The van der Waals surface area contributed by atoms with Gasteiger partial charge in [-0.15, -0.1) is 0 Å². The summed E-state index contributed by atoms with van der Waals surface area (Å²) in [6.45, 7) is 0. The second-order valence-electron chi connectivity index (χ2n) is 4.33. The lowest BCUT2D eigenvalue weighted by Gasteiger charge is -2.42. The topological polar surface area (TPSA) is 26.0 Å². The third-order valence-corrected chi connectivity index (χ3v) is 2.65. The van der Waals surface area contributed by atoms with Gasteiger partial charge in [0.1, 0.15) is 5.82 Å². The molecule has 1 fully saturated rings. The van der Waals surface area contributed by atoms with Crippen LogP contribution in [0.25, 0.3) is 6.08 Å². The summed E-state index contributed by atoms with van der Waals surface area (Å²) >= 11 is 0. The van der Waals surface area contributed by atoms with Crippen molar-refractivity contribution < 1.29 is 13.2 Å². The molecule has 2 rings (SSSR count). The molecular formula is C12H12F3N. The molecule has 0 amide bonds. The molecule has 0 saturated heterocycles. The van der Waals surface area contributed by atoms with Crippen LogP contribution in [-0.2, 0) is 0 Å². The third kappa shape index (κ3) is 2.44. The van der Waals surface area contributed by atoms with Gasteiger partial charge in [0.05, 0.1) is 0 Å². The number of halogens is 3. The smallest absolute Gasteiger partial charge is 0.252 e. The fourth-order valence-corrected chi connectivity index (χ4v) is 1.87. The van der Waals surface area contributed by atoms with Crippen LogP contribution in [0, 0.1) is 5.82 Å². The summed E-state index contributed by atoms with van der Waals surface area (Å²) in [5.41, 5.74) is 5.55. The average Bonchev–Trinajstić information content (AvgIpc) is 2.14. The van der Waals surface area contributed by atoms with Crippen LogP contribution in [0.1, 0.15) is 18.4 Å². The van der Waals surface area contributed by atoms with Crippen molar-refractivity contribution in [2.24, 2.45) is 5.73 Å². The Bertz CT molecular complexity index is 401. The number of benzene rings is 1. The number of hydrogen-bond acceptors (Lipinski definition) is 1. The highest BCUT2D eigenvalue weighted by Crippen LogP contribution is 2.44. The molecule has 1 aromatic rings. The van der Waals surface area contributed by atoms with Crippen LogP contribution in [-0.4, -0.2) is 11.5 Å². The minimum Gasteiger partial charge on any atom is -0.322 e. The van der Waals surface area contributed by atoms with Crippen molar-refractivity contribution in [2.75, 3.05) is 0 Å². The van der Waals surface area contributed by atoms with Gasteiger partial charge in [0.15, 0.2) is 0 Å². The maximum atomic E-state index is 12.6. The van der Waals surface area contributed by atoms with Crippen LogP contribution < -0.4 is 5.73 Å². The van der Waals surface area contributed by atoms with E-state index in [1.165, 1.54) is 12.1 Å². The molecule has 0 unspecified atom stereocenters. The van der Waals surface area contributed by atoms with Gasteiger partial charge in [-0.2, -0.15) is 0 Å². The molecule has 4 heteroatoms. The van der Waals surface area contributed by atoms with Crippen LogP contribution in [0.4, 0.5) is 13.2 Å². The molecule has 0 bridgehead atoms. The van der Waals surface area contributed by atoms with Gasteiger partial charge in [-0.1, -0.05) is 24.3 Å². The number of alkyl halides is 2. The zero-order chi connectivity index (χ0) is 11.8. The van der Waals surface area contributed by atoms with E-state index in [0.29, 0.717) is 0 Å². The Morgan fingerprint density at radius 2 is 1.69 bits per heavy atom. The van der Waals surface area contributed by atoms with Crippen molar-refractivity contribution in [1.82, 2.24) is 0 Å². The largest absolute Gasteiger partial charge is 0.322 e. The molecule has 0 aliphatic heterocycles. The van der Waals surface area contributed by atoms with Gasteiger partial charge in [0.25, 0.3) is 5.92 Å². The number of nitrogens with two attached hydrogens (primary N) is 1. The van der Waals surface area contributed by atoms with Gasteiger partial charge in [0.2, 0.25) is 0 Å². The maximum absolute atomic E-state index is 12.6. The summed E-state index contributed by atoms with van der Waals surface area (Å²) in [6.07, 6.45) is 2.57. The number of hydrogen-bond donors (Lipinski definition) is 1. The van der Waals surface area contributed by atoms with Crippen molar-refractivity contribution >= 4 is 6.08 Å². The first-order valence-electron chi connectivity index (χ1n) is 5.00. The molecular weight excluding hydrogens is 215 g/mol. The summed E-state index contributed by atoms with van der Waals surface area (Å²) in [4.78, 5) is 0. The van der Waals surface area contributed by atoms with E-state index in [4.69, 9.17) is 5.73 Å². The Labute approximate surface area is 91.8 Å². The second-order valence-corrected chi connectivity index (χ2v) is 4.33. The van der Waals surface area contributed by atoms with Gasteiger partial charge >= 0.3 is 0 Å². The lowest BCUT2D eigenvalue weighted by molar-refractivity contribution is -0.106. The van der Waals surface area contributed by atoms with Crippen molar-refractivity contribution in [3.05, 3.63) is 41.7 Å². The fraction of sp³-hybridized carbons (Fsp3) is 0.333. The summed E-state index contributed by atoms with van der Waals surface area (Å²) in [6, 6.07) is 5.79. The van der Waals surface area contributed by atoms with Crippen molar-refractivity contribution in [1.29, 1.82) is 0 Å². The zero-order valence-corrected chi connectivity index (χ0v) is 8.59. The normalized spacial score (nSPS) is 22.0. The van der Waals surface area contributed by atoms with Gasteiger partial charge in [-0.25, -0.2) is 13.2 Å². The SMILES string of the molecule is NC1(/C=C/c2ccc(F)cc2)CC(F)(F)C1. The molecule has 1 aliphatic rings. The predicted molar refractivity (Wildman–Crippen MR) is 56.5 cm³/mol. The van der Waals surface area contributed by atoms with E-state index in [2.05, 4.69) is 0 Å². The molecule has 1 saturated carbocycles. The fourth-order valence-electron chi connectivity index (χ4n) is 1.87. The van der Waals surface area contributed by atoms with E-state index < -0.39 is 11.5 Å². The summed E-state index contributed by atoms with van der Waals surface area (Å²) in [7, 11) is 0. The highest BCUT2D eigenvalue weighted by molar-refractivity contribution is 5.51. The Morgan fingerprint density at radius 1 is 1.12 bits per heavy atom.